The van der Waals surface area contributed by atoms with Gasteiger partial charge in [-0.25, -0.2) is 0 Å². The second-order valence-corrected chi connectivity index (χ2v) is 5.59. The highest BCUT2D eigenvalue weighted by atomic mass is 79.9. The topological polar surface area (TPSA) is 78.4 Å². The molecule has 6 heteroatoms. The summed E-state index contributed by atoms with van der Waals surface area (Å²) in [4.78, 5) is 10.6. The maximum absolute atomic E-state index is 11.0. The van der Waals surface area contributed by atoms with Crippen LogP contribution in [0, 0.1) is 10.1 Å². The minimum atomic E-state index is -0.414. The Kier molecular flexibility index (Phi) is 4.93. The highest BCUT2D eigenvalue weighted by molar-refractivity contribution is 9.10. The van der Waals surface area contributed by atoms with Crippen molar-refractivity contribution in [3.8, 4) is 5.75 Å². The fourth-order valence-corrected chi connectivity index (χ4v) is 2.21. The van der Waals surface area contributed by atoms with E-state index in [9.17, 15) is 10.1 Å². The summed E-state index contributed by atoms with van der Waals surface area (Å²) in [7, 11) is 0. The highest BCUT2D eigenvalue weighted by Crippen LogP contribution is 2.25. The Hall–Kier alpha value is -1.92. The minimum Gasteiger partial charge on any atom is -0.489 e. The number of hydrogen-bond donors (Lipinski definition) is 1. The van der Waals surface area contributed by atoms with Crippen molar-refractivity contribution in [3.63, 3.8) is 0 Å². The lowest BCUT2D eigenvalue weighted by Gasteiger charge is -2.09. The van der Waals surface area contributed by atoms with Crippen LogP contribution in [0.5, 0.6) is 5.75 Å². The molecule has 2 rings (SSSR count). The standard InChI is InChI=1S/C15H15BrN2O3/c1-10(17)11-3-6-14(7-4-11)21-9-12-2-5-13(16)8-15(12)18(19)20/h2-8,10H,9,17H2,1H3. The first-order chi connectivity index (χ1) is 9.97. The fraction of sp³-hybridized carbons (Fsp3) is 0.200. The summed E-state index contributed by atoms with van der Waals surface area (Å²) >= 11 is 3.22. The molecule has 0 saturated heterocycles. The maximum atomic E-state index is 11.0. The van der Waals surface area contributed by atoms with Crippen LogP contribution in [0.2, 0.25) is 0 Å². The maximum Gasteiger partial charge on any atom is 0.277 e. The first-order valence-electron chi connectivity index (χ1n) is 6.38. The number of nitro groups is 1. The second kappa shape index (κ2) is 6.69. The van der Waals surface area contributed by atoms with Gasteiger partial charge in [-0.15, -0.1) is 0 Å². The molecule has 0 aliphatic rings. The van der Waals surface area contributed by atoms with Crippen molar-refractivity contribution < 1.29 is 9.66 Å². The van der Waals surface area contributed by atoms with Crippen LogP contribution in [0.4, 0.5) is 5.69 Å². The van der Waals surface area contributed by atoms with Crippen molar-refractivity contribution in [1.29, 1.82) is 0 Å². The molecule has 0 heterocycles. The van der Waals surface area contributed by atoms with Gasteiger partial charge in [0, 0.05) is 16.6 Å². The second-order valence-electron chi connectivity index (χ2n) is 4.68. The van der Waals surface area contributed by atoms with Crippen molar-refractivity contribution >= 4 is 21.6 Å². The number of ether oxygens (including phenoxy) is 1. The molecule has 2 aromatic rings. The van der Waals surface area contributed by atoms with Crippen molar-refractivity contribution in [2.24, 2.45) is 5.73 Å². The molecule has 0 amide bonds. The Balaban J connectivity index is 2.11. The summed E-state index contributed by atoms with van der Waals surface area (Å²) in [5, 5.41) is 11.0. The Morgan fingerprint density at radius 3 is 2.52 bits per heavy atom. The lowest BCUT2D eigenvalue weighted by Crippen LogP contribution is -2.04. The molecule has 0 spiro atoms. The molecule has 1 atom stereocenters. The lowest BCUT2D eigenvalue weighted by atomic mass is 10.1. The van der Waals surface area contributed by atoms with E-state index in [1.165, 1.54) is 6.07 Å². The summed E-state index contributed by atoms with van der Waals surface area (Å²) in [6, 6.07) is 12.3. The molecule has 0 aliphatic carbocycles. The summed E-state index contributed by atoms with van der Waals surface area (Å²) in [6.45, 7) is 2.04. The van der Waals surface area contributed by atoms with Gasteiger partial charge in [0.05, 0.1) is 10.5 Å². The average Bonchev–Trinajstić information content (AvgIpc) is 2.46. The number of nitro benzene ring substituents is 1. The van der Waals surface area contributed by atoms with Gasteiger partial charge in [-0.3, -0.25) is 10.1 Å². The van der Waals surface area contributed by atoms with Crippen LogP contribution >= 0.6 is 15.9 Å². The van der Waals surface area contributed by atoms with Gasteiger partial charge in [0.15, 0.2) is 0 Å². The molecule has 2 N–H and O–H groups in total. The van der Waals surface area contributed by atoms with Crippen molar-refractivity contribution in [3.05, 3.63) is 68.2 Å². The molecular weight excluding hydrogens is 336 g/mol. The Labute approximate surface area is 131 Å². The van der Waals surface area contributed by atoms with Crippen molar-refractivity contribution in [2.75, 3.05) is 0 Å². The molecule has 1 unspecified atom stereocenters. The zero-order chi connectivity index (χ0) is 15.4. The summed E-state index contributed by atoms with van der Waals surface area (Å²) in [5.74, 6) is 0.650. The molecule has 5 nitrogen and oxygen atoms in total. The van der Waals surface area contributed by atoms with Gasteiger partial charge in [0.2, 0.25) is 0 Å². The smallest absolute Gasteiger partial charge is 0.277 e. The minimum absolute atomic E-state index is 0.0355. The van der Waals surface area contributed by atoms with E-state index in [2.05, 4.69) is 15.9 Å². The first kappa shape index (κ1) is 15.5. The molecular formula is C15H15BrN2O3. The molecule has 0 radical (unpaired) electrons. The third-order valence-electron chi connectivity index (χ3n) is 3.04. The van der Waals surface area contributed by atoms with E-state index in [0.717, 1.165) is 5.56 Å². The zero-order valence-electron chi connectivity index (χ0n) is 11.5. The van der Waals surface area contributed by atoms with Crippen LogP contribution in [-0.2, 0) is 6.61 Å². The van der Waals surface area contributed by atoms with Crippen LogP contribution in [0.3, 0.4) is 0 Å². The van der Waals surface area contributed by atoms with Gasteiger partial charge in [0.1, 0.15) is 12.4 Å². The van der Waals surface area contributed by atoms with E-state index in [1.54, 1.807) is 12.1 Å². The molecule has 0 aromatic heterocycles. The number of benzene rings is 2. The van der Waals surface area contributed by atoms with Gasteiger partial charge >= 0.3 is 0 Å². The largest absolute Gasteiger partial charge is 0.489 e. The summed E-state index contributed by atoms with van der Waals surface area (Å²) < 4.78 is 6.26. The van der Waals surface area contributed by atoms with Gasteiger partial charge in [-0.1, -0.05) is 28.1 Å². The molecule has 2 aromatic carbocycles. The normalized spacial score (nSPS) is 12.0. The molecule has 21 heavy (non-hydrogen) atoms. The molecule has 110 valence electrons. The fourth-order valence-electron chi connectivity index (χ4n) is 1.86. The van der Waals surface area contributed by atoms with Crippen molar-refractivity contribution in [2.45, 2.75) is 19.6 Å². The van der Waals surface area contributed by atoms with E-state index in [4.69, 9.17) is 10.5 Å². The number of halogens is 1. The quantitative estimate of drug-likeness (QED) is 0.653. The van der Waals surface area contributed by atoms with Gasteiger partial charge in [-0.2, -0.15) is 0 Å². The predicted molar refractivity (Wildman–Crippen MR) is 84.2 cm³/mol. The van der Waals surface area contributed by atoms with Crippen LogP contribution in [0.25, 0.3) is 0 Å². The van der Waals surface area contributed by atoms with Crippen LogP contribution in [-0.4, -0.2) is 4.92 Å². The molecule has 0 saturated carbocycles. The summed E-state index contributed by atoms with van der Waals surface area (Å²) in [5.41, 5.74) is 7.35. The zero-order valence-corrected chi connectivity index (χ0v) is 13.0. The van der Waals surface area contributed by atoms with E-state index in [-0.39, 0.29) is 18.3 Å². The van der Waals surface area contributed by atoms with Crippen molar-refractivity contribution in [1.82, 2.24) is 0 Å². The predicted octanol–water partition coefficient (Wildman–Crippen LogP) is 3.96. The van der Waals surface area contributed by atoms with E-state index < -0.39 is 4.92 Å². The number of rotatable bonds is 5. The summed E-state index contributed by atoms with van der Waals surface area (Å²) in [6.07, 6.45) is 0. The van der Waals surface area contributed by atoms with Gasteiger partial charge in [0.25, 0.3) is 5.69 Å². The SMILES string of the molecule is CC(N)c1ccc(OCc2ccc(Br)cc2[N+](=O)[O-])cc1. The third-order valence-corrected chi connectivity index (χ3v) is 3.54. The Bertz CT molecular complexity index is 642. The first-order valence-corrected chi connectivity index (χ1v) is 7.18. The van der Waals surface area contributed by atoms with Crippen LogP contribution < -0.4 is 10.5 Å². The third kappa shape index (κ3) is 4.03. The van der Waals surface area contributed by atoms with Crippen LogP contribution in [0.15, 0.2) is 46.9 Å². The number of nitrogens with two attached hydrogens (primary N) is 1. The Morgan fingerprint density at radius 2 is 1.95 bits per heavy atom. The monoisotopic (exact) mass is 350 g/mol. The number of nitrogens with zero attached hydrogens (tertiary/aromatic N) is 1. The van der Waals surface area contributed by atoms with Gasteiger partial charge in [-0.05, 0) is 36.8 Å². The van der Waals surface area contributed by atoms with Gasteiger partial charge < -0.3 is 10.5 Å². The highest BCUT2D eigenvalue weighted by Gasteiger charge is 2.14. The average molecular weight is 351 g/mol. The Morgan fingerprint density at radius 1 is 1.29 bits per heavy atom. The number of hydrogen-bond acceptors (Lipinski definition) is 4. The molecule has 0 bridgehead atoms. The molecule has 0 fully saturated rings. The van der Waals surface area contributed by atoms with E-state index >= 15 is 0 Å². The van der Waals surface area contributed by atoms with E-state index in [0.29, 0.717) is 15.8 Å². The van der Waals surface area contributed by atoms with E-state index in [1.807, 2.05) is 31.2 Å². The molecule has 0 aliphatic heterocycles. The lowest BCUT2D eigenvalue weighted by molar-refractivity contribution is -0.385. The van der Waals surface area contributed by atoms with Crippen LogP contribution in [0.1, 0.15) is 24.1 Å².